The van der Waals surface area contributed by atoms with Gasteiger partial charge in [-0.2, -0.15) is 0 Å². The van der Waals surface area contributed by atoms with Gasteiger partial charge in [0.25, 0.3) is 0 Å². The van der Waals surface area contributed by atoms with Crippen molar-refractivity contribution in [3.8, 4) is 0 Å². The molecule has 1 atom stereocenters. The van der Waals surface area contributed by atoms with Crippen LogP contribution in [0.2, 0.25) is 10.0 Å². The maximum Gasteiger partial charge on any atom is 0.326 e. The monoisotopic (exact) mass is 261 g/mol. The highest BCUT2D eigenvalue weighted by Gasteiger charge is 2.21. The number of hydrogen-bond donors (Lipinski definition) is 2. The molecule has 0 bridgehead atoms. The summed E-state index contributed by atoms with van der Waals surface area (Å²) in [5, 5.41) is 12.8. The Labute approximate surface area is 104 Å². The second kappa shape index (κ2) is 5.41. The van der Waals surface area contributed by atoms with Gasteiger partial charge in [0.15, 0.2) is 0 Å². The van der Waals surface area contributed by atoms with E-state index in [-0.39, 0.29) is 5.92 Å². The number of aliphatic carboxylic acids is 1. The van der Waals surface area contributed by atoms with Crippen molar-refractivity contribution in [1.29, 1.82) is 0 Å². The number of rotatable bonds is 4. The van der Waals surface area contributed by atoms with Crippen LogP contribution in [0.15, 0.2) is 18.2 Å². The van der Waals surface area contributed by atoms with E-state index < -0.39 is 12.0 Å². The van der Waals surface area contributed by atoms with E-state index in [1.807, 2.05) is 13.8 Å². The first-order valence-corrected chi connectivity index (χ1v) is 5.62. The van der Waals surface area contributed by atoms with Gasteiger partial charge >= 0.3 is 5.97 Å². The molecule has 0 aliphatic carbocycles. The number of halogens is 2. The average Bonchev–Trinajstić information content (AvgIpc) is 2.18. The van der Waals surface area contributed by atoms with Gasteiger partial charge in [0.1, 0.15) is 6.04 Å². The summed E-state index contributed by atoms with van der Waals surface area (Å²) in [5.41, 5.74) is 0.649. The minimum Gasteiger partial charge on any atom is -0.480 e. The van der Waals surface area contributed by atoms with Crippen LogP contribution < -0.4 is 5.32 Å². The minimum atomic E-state index is -0.888. The highest BCUT2D eigenvalue weighted by molar-refractivity contribution is 6.42. The van der Waals surface area contributed by atoms with E-state index >= 15 is 0 Å². The Balaban J connectivity index is 2.86. The molecule has 1 rings (SSSR count). The fraction of sp³-hybridized carbons (Fsp3) is 0.364. The van der Waals surface area contributed by atoms with Crippen LogP contribution in [0.4, 0.5) is 5.69 Å². The van der Waals surface area contributed by atoms with E-state index in [2.05, 4.69) is 5.32 Å². The summed E-state index contributed by atoms with van der Waals surface area (Å²) in [6, 6.07) is 4.30. The van der Waals surface area contributed by atoms with Crippen molar-refractivity contribution in [2.45, 2.75) is 19.9 Å². The van der Waals surface area contributed by atoms with E-state index in [9.17, 15) is 4.79 Å². The Hall–Kier alpha value is -0.930. The predicted molar refractivity (Wildman–Crippen MR) is 66.3 cm³/mol. The van der Waals surface area contributed by atoms with Gasteiger partial charge in [-0.15, -0.1) is 0 Å². The molecule has 0 heterocycles. The third kappa shape index (κ3) is 3.29. The lowest BCUT2D eigenvalue weighted by Gasteiger charge is -2.19. The van der Waals surface area contributed by atoms with Gasteiger partial charge in [-0.3, -0.25) is 0 Å². The smallest absolute Gasteiger partial charge is 0.326 e. The molecule has 0 radical (unpaired) electrons. The standard InChI is InChI=1S/C11H13Cl2NO2/c1-6(2)10(11(15)16)14-7-3-4-8(12)9(13)5-7/h3-6,10,14H,1-2H3,(H,15,16). The Bertz CT molecular complexity index is 394. The molecule has 0 amide bonds. The lowest BCUT2D eigenvalue weighted by atomic mass is 10.0. The van der Waals surface area contributed by atoms with Crippen LogP contribution in [-0.4, -0.2) is 17.1 Å². The fourth-order valence-corrected chi connectivity index (χ4v) is 1.58. The maximum atomic E-state index is 11.0. The van der Waals surface area contributed by atoms with E-state index in [1.165, 1.54) is 0 Å². The first-order valence-electron chi connectivity index (χ1n) is 4.86. The molecule has 0 saturated heterocycles. The summed E-state index contributed by atoms with van der Waals surface area (Å²) < 4.78 is 0. The first kappa shape index (κ1) is 13.1. The van der Waals surface area contributed by atoms with Crippen molar-refractivity contribution in [2.75, 3.05) is 5.32 Å². The van der Waals surface area contributed by atoms with Crippen molar-refractivity contribution in [3.05, 3.63) is 28.2 Å². The zero-order valence-electron chi connectivity index (χ0n) is 9.00. The van der Waals surface area contributed by atoms with Crippen LogP contribution in [0.25, 0.3) is 0 Å². The largest absolute Gasteiger partial charge is 0.480 e. The fourth-order valence-electron chi connectivity index (χ4n) is 1.28. The summed E-state index contributed by atoms with van der Waals surface area (Å²) in [5.74, 6) is -0.909. The maximum absolute atomic E-state index is 11.0. The Kier molecular flexibility index (Phi) is 4.44. The number of hydrogen-bond acceptors (Lipinski definition) is 2. The molecule has 16 heavy (non-hydrogen) atoms. The van der Waals surface area contributed by atoms with Crippen LogP contribution in [0.5, 0.6) is 0 Å². The molecule has 88 valence electrons. The number of carboxylic acids is 1. The van der Waals surface area contributed by atoms with Crippen molar-refractivity contribution in [3.63, 3.8) is 0 Å². The van der Waals surface area contributed by atoms with E-state index in [0.717, 1.165) is 0 Å². The number of carbonyl (C=O) groups is 1. The van der Waals surface area contributed by atoms with Crippen molar-refractivity contribution < 1.29 is 9.90 Å². The van der Waals surface area contributed by atoms with Crippen molar-refractivity contribution in [2.24, 2.45) is 5.92 Å². The molecule has 2 N–H and O–H groups in total. The third-order valence-electron chi connectivity index (χ3n) is 2.17. The van der Waals surface area contributed by atoms with Crippen LogP contribution in [0.3, 0.4) is 0 Å². The molecule has 0 aromatic heterocycles. The first-order chi connectivity index (χ1) is 7.41. The van der Waals surface area contributed by atoms with Crippen LogP contribution in [0.1, 0.15) is 13.8 Å². The van der Waals surface area contributed by atoms with Gasteiger partial charge in [0.2, 0.25) is 0 Å². The van der Waals surface area contributed by atoms with Gasteiger partial charge < -0.3 is 10.4 Å². The second-order valence-corrected chi connectivity index (χ2v) is 4.65. The summed E-state index contributed by atoms with van der Waals surface area (Å²) in [4.78, 5) is 11.0. The minimum absolute atomic E-state index is 0.0213. The number of anilines is 1. The van der Waals surface area contributed by atoms with Gasteiger partial charge in [0, 0.05) is 5.69 Å². The Morgan fingerprint density at radius 2 is 1.94 bits per heavy atom. The Morgan fingerprint density at radius 3 is 2.38 bits per heavy atom. The molecule has 0 fully saturated rings. The lowest BCUT2D eigenvalue weighted by Crippen LogP contribution is -2.34. The van der Waals surface area contributed by atoms with Crippen LogP contribution in [0, 0.1) is 5.92 Å². The van der Waals surface area contributed by atoms with Crippen molar-refractivity contribution in [1.82, 2.24) is 0 Å². The van der Waals surface area contributed by atoms with Gasteiger partial charge in [0.05, 0.1) is 10.0 Å². The summed E-state index contributed by atoms with van der Waals surface area (Å²) in [7, 11) is 0. The molecular weight excluding hydrogens is 249 g/mol. The molecule has 3 nitrogen and oxygen atoms in total. The average molecular weight is 262 g/mol. The summed E-state index contributed by atoms with van der Waals surface area (Å²) in [6.45, 7) is 3.67. The molecule has 0 aliphatic heterocycles. The molecule has 1 aromatic carbocycles. The summed E-state index contributed by atoms with van der Waals surface area (Å²) in [6.07, 6.45) is 0. The molecule has 0 saturated carbocycles. The topological polar surface area (TPSA) is 49.3 Å². The van der Waals surface area contributed by atoms with E-state index in [1.54, 1.807) is 18.2 Å². The lowest BCUT2D eigenvalue weighted by molar-refractivity contribution is -0.138. The van der Waals surface area contributed by atoms with Crippen LogP contribution in [-0.2, 0) is 4.79 Å². The van der Waals surface area contributed by atoms with Crippen molar-refractivity contribution >= 4 is 34.9 Å². The quantitative estimate of drug-likeness (QED) is 0.872. The van der Waals surface area contributed by atoms with Gasteiger partial charge in [-0.25, -0.2) is 4.79 Å². The third-order valence-corrected chi connectivity index (χ3v) is 2.91. The van der Waals surface area contributed by atoms with Gasteiger partial charge in [-0.1, -0.05) is 37.0 Å². The molecule has 5 heteroatoms. The molecule has 1 aromatic rings. The molecule has 0 spiro atoms. The highest BCUT2D eigenvalue weighted by Crippen LogP contribution is 2.25. The number of carboxylic acid groups (broad SMARTS) is 1. The molecular formula is C11H13Cl2NO2. The number of benzene rings is 1. The zero-order valence-corrected chi connectivity index (χ0v) is 10.5. The second-order valence-electron chi connectivity index (χ2n) is 3.83. The highest BCUT2D eigenvalue weighted by atomic mass is 35.5. The molecule has 0 aliphatic rings. The zero-order chi connectivity index (χ0) is 12.3. The van der Waals surface area contributed by atoms with E-state index in [0.29, 0.717) is 15.7 Å². The van der Waals surface area contributed by atoms with E-state index in [4.69, 9.17) is 28.3 Å². The predicted octanol–water partition coefficient (Wildman–Crippen LogP) is 3.51. The SMILES string of the molecule is CC(C)C(Nc1ccc(Cl)c(Cl)c1)C(=O)O. The summed E-state index contributed by atoms with van der Waals surface area (Å²) >= 11 is 11.6. The molecule has 1 unspecified atom stereocenters. The normalized spacial score (nSPS) is 12.6. The Morgan fingerprint density at radius 1 is 1.31 bits per heavy atom. The number of nitrogens with one attached hydrogen (secondary N) is 1. The van der Waals surface area contributed by atoms with Gasteiger partial charge in [-0.05, 0) is 24.1 Å². The van der Waals surface area contributed by atoms with Crippen LogP contribution >= 0.6 is 23.2 Å².